The van der Waals surface area contributed by atoms with Crippen molar-refractivity contribution in [3.05, 3.63) is 70.8 Å². The van der Waals surface area contributed by atoms with Gasteiger partial charge in [-0.2, -0.15) is 13.2 Å². The van der Waals surface area contributed by atoms with Crippen LogP contribution >= 0.6 is 0 Å². The van der Waals surface area contributed by atoms with Crippen molar-refractivity contribution in [2.45, 2.75) is 58.0 Å². The van der Waals surface area contributed by atoms with Gasteiger partial charge in [0, 0.05) is 0 Å². The lowest BCUT2D eigenvalue weighted by Crippen LogP contribution is -2.43. The number of carbonyl (C=O) groups excluding carboxylic acids is 2. The average Bonchev–Trinajstić information content (AvgIpc) is 2.74. The lowest BCUT2D eigenvalue weighted by molar-refractivity contribution is -0.137. The van der Waals surface area contributed by atoms with Crippen molar-refractivity contribution in [2.75, 3.05) is 0 Å². The molecule has 2 unspecified atom stereocenters. The number of hydrogen-bond acceptors (Lipinski definition) is 4. The van der Waals surface area contributed by atoms with Crippen LogP contribution < -0.4 is 10.6 Å². The van der Waals surface area contributed by atoms with Crippen molar-refractivity contribution in [1.82, 2.24) is 10.6 Å². The molecule has 2 aromatic rings. The van der Waals surface area contributed by atoms with E-state index in [1.807, 2.05) is 0 Å². The van der Waals surface area contributed by atoms with E-state index in [4.69, 9.17) is 9.84 Å². The topological polar surface area (TPSA) is 105 Å². The van der Waals surface area contributed by atoms with Crippen LogP contribution in [0.25, 0.3) is 0 Å². The van der Waals surface area contributed by atoms with Crippen LogP contribution in [0.3, 0.4) is 0 Å². The molecule has 10 heteroatoms. The Bertz CT molecular complexity index is 1010. The van der Waals surface area contributed by atoms with Crippen molar-refractivity contribution in [3.63, 3.8) is 0 Å². The summed E-state index contributed by atoms with van der Waals surface area (Å²) in [5.41, 5.74) is -0.906. The van der Waals surface area contributed by atoms with E-state index < -0.39 is 47.4 Å². The number of aromatic carboxylic acids is 1. The SMILES string of the molecule is CCC(NC(=O)C(NC(=O)OC(C)(C)C)c1ccc(C(F)(F)F)cc1)c1ccc(C(=O)O)cc1. The monoisotopic (exact) mass is 480 g/mol. The van der Waals surface area contributed by atoms with Gasteiger partial charge in [0.05, 0.1) is 17.2 Å². The van der Waals surface area contributed by atoms with Gasteiger partial charge in [-0.05, 0) is 62.6 Å². The number of halogens is 3. The highest BCUT2D eigenvalue weighted by Gasteiger charge is 2.32. The Kier molecular flexibility index (Phi) is 8.31. The lowest BCUT2D eigenvalue weighted by atomic mass is 10.00. The summed E-state index contributed by atoms with van der Waals surface area (Å²) in [6.45, 7) is 6.69. The number of rotatable bonds is 7. The maximum Gasteiger partial charge on any atom is 0.416 e. The normalized spacial score (nSPS) is 13.5. The molecule has 2 amide bonds. The fraction of sp³-hybridized carbons (Fsp3) is 0.375. The van der Waals surface area contributed by atoms with E-state index in [1.165, 1.54) is 12.1 Å². The molecule has 0 bridgehead atoms. The molecule has 3 N–H and O–H groups in total. The number of nitrogens with one attached hydrogen (secondary N) is 2. The molecular formula is C24H27F3N2O5. The van der Waals surface area contributed by atoms with Gasteiger partial charge in [-0.1, -0.05) is 31.2 Å². The first-order chi connectivity index (χ1) is 15.7. The number of carbonyl (C=O) groups is 3. The van der Waals surface area contributed by atoms with Gasteiger partial charge in [-0.15, -0.1) is 0 Å². The molecule has 2 aromatic carbocycles. The van der Waals surface area contributed by atoms with Crippen molar-refractivity contribution in [2.24, 2.45) is 0 Å². The van der Waals surface area contributed by atoms with E-state index in [-0.39, 0.29) is 11.1 Å². The molecule has 2 atom stereocenters. The highest BCUT2D eigenvalue weighted by atomic mass is 19.4. The quantitative estimate of drug-likeness (QED) is 0.503. The summed E-state index contributed by atoms with van der Waals surface area (Å²) in [5.74, 6) is -1.76. The molecule has 0 saturated carbocycles. The molecule has 0 aliphatic rings. The van der Waals surface area contributed by atoms with Gasteiger partial charge in [0.25, 0.3) is 0 Å². The van der Waals surface area contributed by atoms with Crippen LogP contribution in [0, 0.1) is 0 Å². The second kappa shape index (κ2) is 10.6. The van der Waals surface area contributed by atoms with Crippen molar-refractivity contribution in [1.29, 1.82) is 0 Å². The Hall–Kier alpha value is -3.56. The second-order valence-corrected chi connectivity index (χ2v) is 8.60. The Morgan fingerprint density at radius 1 is 0.912 bits per heavy atom. The zero-order valence-electron chi connectivity index (χ0n) is 19.2. The summed E-state index contributed by atoms with van der Waals surface area (Å²) in [7, 11) is 0. The van der Waals surface area contributed by atoms with Crippen LogP contribution in [0.4, 0.5) is 18.0 Å². The first kappa shape index (κ1) is 26.7. The summed E-state index contributed by atoms with van der Waals surface area (Å²) < 4.78 is 44.1. The molecule has 0 aliphatic carbocycles. The minimum absolute atomic E-state index is 0.0825. The number of hydrogen-bond donors (Lipinski definition) is 3. The number of alkyl halides is 3. The lowest BCUT2D eigenvalue weighted by Gasteiger charge is -2.26. The molecule has 2 rings (SSSR count). The molecule has 0 saturated heterocycles. The van der Waals surface area contributed by atoms with Gasteiger partial charge >= 0.3 is 18.2 Å². The molecule has 7 nitrogen and oxygen atoms in total. The van der Waals surface area contributed by atoms with Crippen molar-refractivity contribution < 1.29 is 37.4 Å². The summed E-state index contributed by atoms with van der Waals surface area (Å²) in [6, 6.07) is 7.95. The predicted molar refractivity (Wildman–Crippen MR) is 118 cm³/mol. The van der Waals surface area contributed by atoms with E-state index in [0.717, 1.165) is 24.3 Å². The van der Waals surface area contributed by atoms with Crippen LogP contribution in [0.1, 0.15) is 73.2 Å². The van der Waals surface area contributed by atoms with E-state index in [1.54, 1.807) is 39.8 Å². The van der Waals surface area contributed by atoms with Crippen molar-refractivity contribution in [3.8, 4) is 0 Å². The number of alkyl carbamates (subject to hydrolysis) is 1. The predicted octanol–water partition coefficient (Wildman–Crippen LogP) is 5.24. The Morgan fingerprint density at radius 3 is 1.88 bits per heavy atom. The first-order valence-electron chi connectivity index (χ1n) is 10.5. The number of ether oxygens (including phenoxy) is 1. The zero-order valence-corrected chi connectivity index (χ0v) is 19.2. The second-order valence-electron chi connectivity index (χ2n) is 8.60. The van der Waals surface area contributed by atoms with E-state index in [9.17, 15) is 27.6 Å². The summed E-state index contributed by atoms with van der Waals surface area (Å²) >= 11 is 0. The first-order valence-corrected chi connectivity index (χ1v) is 10.5. The molecule has 0 heterocycles. The van der Waals surface area contributed by atoms with E-state index >= 15 is 0 Å². The number of carboxylic acid groups (broad SMARTS) is 1. The third-order valence-corrected chi connectivity index (χ3v) is 4.78. The fourth-order valence-electron chi connectivity index (χ4n) is 3.12. The van der Waals surface area contributed by atoms with Gasteiger partial charge in [-0.3, -0.25) is 4.79 Å². The standard InChI is InChI=1S/C24H27F3N2O5/c1-5-18(14-6-8-16(9-7-14)21(31)32)28-20(30)19(29-22(33)34-23(2,3)4)15-10-12-17(13-11-15)24(25,26)27/h6-13,18-19H,5H2,1-4H3,(H,28,30)(H,29,33)(H,31,32). The van der Waals surface area contributed by atoms with Gasteiger partial charge in [0.1, 0.15) is 11.6 Å². The highest BCUT2D eigenvalue weighted by Crippen LogP contribution is 2.30. The minimum Gasteiger partial charge on any atom is -0.478 e. The van der Waals surface area contributed by atoms with Gasteiger partial charge < -0.3 is 20.5 Å². The third-order valence-electron chi connectivity index (χ3n) is 4.78. The van der Waals surface area contributed by atoms with Crippen LogP contribution in [-0.4, -0.2) is 28.7 Å². The summed E-state index contributed by atoms with van der Waals surface area (Å²) in [4.78, 5) is 36.6. The van der Waals surface area contributed by atoms with Crippen LogP contribution in [0.2, 0.25) is 0 Å². The van der Waals surface area contributed by atoms with E-state index in [2.05, 4.69) is 10.6 Å². The number of amides is 2. The highest BCUT2D eigenvalue weighted by molar-refractivity contribution is 5.88. The Labute approximate surface area is 195 Å². The maximum atomic E-state index is 13.1. The molecule has 0 fully saturated rings. The molecule has 184 valence electrons. The molecule has 34 heavy (non-hydrogen) atoms. The van der Waals surface area contributed by atoms with Gasteiger partial charge in [0.2, 0.25) is 5.91 Å². The minimum atomic E-state index is -4.55. The fourth-order valence-corrected chi connectivity index (χ4v) is 3.12. The van der Waals surface area contributed by atoms with Crippen LogP contribution in [0.15, 0.2) is 48.5 Å². The third kappa shape index (κ3) is 7.50. The molecule has 0 spiro atoms. The number of benzene rings is 2. The summed E-state index contributed by atoms with van der Waals surface area (Å²) in [6.07, 6.45) is -5.03. The smallest absolute Gasteiger partial charge is 0.416 e. The molecule has 0 radical (unpaired) electrons. The van der Waals surface area contributed by atoms with Crippen LogP contribution in [-0.2, 0) is 15.7 Å². The largest absolute Gasteiger partial charge is 0.478 e. The Morgan fingerprint density at radius 2 is 1.44 bits per heavy atom. The van der Waals surface area contributed by atoms with Crippen LogP contribution in [0.5, 0.6) is 0 Å². The summed E-state index contributed by atoms with van der Waals surface area (Å²) in [5, 5.41) is 14.2. The molecule has 0 aliphatic heterocycles. The molecule has 0 aromatic heterocycles. The Balaban J connectivity index is 2.31. The van der Waals surface area contributed by atoms with Gasteiger partial charge in [-0.25, -0.2) is 9.59 Å². The van der Waals surface area contributed by atoms with Crippen molar-refractivity contribution >= 4 is 18.0 Å². The number of carboxylic acids is 1. The maximum absolute atomic E-state index is 13.1. The zero-order chi connectivity index (χ0) is 25.7. The molecular weight excluding hydrogens is 453 g/mol. The van der Waals surface area contributed by atoms with Gasteiger partial charge in [0.15, 0.2) is 0 Å². The van der Waals surface area contributed by atoms with E-state index in [0.29, 0.717) is 12.0 Å². The average molecular weight is 480 g/mol.